The second-order valence-electron chi connectivity index (χ2n) is 7.32. The lowest BCUT2D eigenvalue weighted by atomic mass is 10.1. The third kappa shape index (κ3) is 4.15. The number of fused-ring (bicyclic) bond motifs is 1. The molecule has 0 aliphatic carbocycles. The van der Waals surface area contributed by atoms with Crippen LogP contribution in [0.4, 0.5) is 14.5 Å². The molecule has 0 spiro atoms. The molecule has 0 radical (unpaired) electrons. The van der Waals surface area contributed by atoms with Gasteiger partial charge in [-0.3, -0.25) is 9.59 Å². The number of hydrogen-bond acceptors (Lipinski definition) is 4. The quantitative estimate of drug-likeness (QED) is 0.481. The number of aromatic hydroxyl groups is 1. The molecular formula is C25H20F2N2O4. The largest absolute Gasteiger partial charge is 0.508 e. The molecule has 0 bridgehead atoms. The number of carbonyl (C=O) groups excluding carboxylic acids is 1. The van der Waals surface area contributed by atoms with Crippen molar-refractivity contribution in [3.05, 3.63) is 94.3 Å². The first-order chi connectivity index (χ1) is 15.8. The van der Waals surface area contributed by atoms with Crippen LogP contribution >= 0.6 is 0 Å². The van der Waals surface area contributed by atoms with E-state index in [-0.39, 0.29) is 28.9 Å². The van der Waals surface area contributed by atoms with Crippen LogP contribution in [-0.4, -0.2) is 29.2 Å². The highest BCUT2D eigenvalue weighted by atomic mass is 19.1. The smallest absolute Gasteiger partial charge is 0.263 e. The van der Waals surface area contributed by atoms with Gasteiger partial charge in [0.1, 0.15) is 28.7 Å². The van der Waals surface area contributed by atoms with Crippen LogP contribution in [0.2, 0.25) is 0 Å². The molecule has 4 rings (SSSR count). The minimum Gasteiger partial charge on any atom is -0.508 e. The lowest BCUT2D eigenvalue weighted by Gasteiger charge is -2.22. The van der Waals surface area contributed by atoms with E-state index < -0.39 is 23.0 Å². The molecule has 1 heterocycles. The van der Waals surface area contributed by atoms with E-state index in [1.54, 1.807) is 41.8 Å². The van der Waals surface area contributed by atoms with E-state index in [1.807, 2.05) is 0 Å². The maximum atomic E-state index is 13.8. The molecule has 0 fully saturated rings. The molecule has 0 aliphatic rings. The number of pyridine rings is 1. The van der Waals surface area contributed by atoms with Crippen molar-refractivity contribution in [2.24, 2.45) is 0 Å². The Morgan fingerprint density at radius 3 is 2.30 bits per heavy atom. The van der Waals surface area contributed by atoms with Crippen LogP contribution in [0.15, 0.2) is 71.7 Å². The van der Waals surface area contributed by atoms with Crippen LogP contribution in [0.3, 0.4) is 0 Å². The molecule has 8 heteroatoms. The van der Waals surface area contributed by atoms with Gasteiger partial charge < -0.3 is 19.3 Å². The fourth-order valence-corrected chi connectivity index (χ4v) is 3.70. The second kappa shape index (κ2) is 8.74. The summed E-state index contributed by atoms with van der Waals surface area (Å²) >= 11 is 0. The van der Waals surface area contributed by atoms with Gasteiger partial charge in [0.25, 0.3) is 5.91 Å². The molecule has 168 valence electrons. The van der Waals surface area contributed by atoms with Gasteiger partial charge in [0.2, 0.25) is 5.43 Å². The second-order valence-corrected chi connectivity index (χ2v) is 7.32. The number of amides is 1. The Labute approximate surface area is 187 Å². The van der Waals surface area contributed by atoms with E-state index in [4.69, 9.17) is 4.74 Å². The van der Waals surface area contributed by atoms with Crippen molar-refractivity contribution in [1.29, 1.82) is 0 Å². The molecular weight excluding hydrogens is 430 g/mol. The predicted octanol–water partition coefficient (Wildman–Crippen LogP) is 4.65. The number of benzene rings is 3. The van der Waals surface area contributed by atoms with Gasteiger partial charge in [-0.05, 0) is 55.5 Å². The average Bonchev–Trinajstić information content (AvgIpc) is 2.79. The summed E-state index contributed by atoms with van der Waals surface area (Å²) in [5.41, 5.74) is 0.377. The number of rotatable bonds is 5. The van der Waals surface area contributed by atoms with Gasteiger partial charge in [-0.25, -0.2) is 8.78 Å². The molecule has 0 atom stereocenters. The van der Waals surface area contributed by atoms with Crippen molar-refractivity contribution in [2.45, 2.75) is 6.92 Å². The first kappa shape index (κ1) is 22.0. The van der Waals surface area contributed by atoms with Crippen molar-refractivity contribution >= 4 is 22.5 Å². The van der Waals surface area contributed by atoms with Crippen molar-refractivity contribution in [1.82, 2.24) is 4.57 Å². The van der Waals surface area contributed by atoms with Crippen LogP contribution < -0.4 is 15.1 Å². The van der Waals surface area contributed by atoms with Crippen LogP contribution in [0.5, 0.6) is 11.5 Å². The number of phenols is 1. The standard InChI is InChI=1S/C25H20F2N2O4/c1-3-28(18-11-15(26)10-16(27)12-18)25(32)22-14-29(17-4-6-19(30)7-5-17)23-13-20(33-2)8-9-21(23)24(22)31/h4-14,30H,3H2,1-2H3. The average molecular weight is 450 g/mol. The van der Waals surface area contributed by atoms with Crippen LogP contribution in [-0.2, 0) is 0 Å². The SMILES string of the molecule is CCN(C(=O)c1cn(-c2ccc(O)cc2)c2cc(OC)ccc2c1=O)c1cc(F)cc(F)c1. The summed E-state index contributed by atoms with van der Waals surface area (Å²) in [4.78, 5) is 27.9. The first-order valence-corrected chi connectivity index (χ1v) is 10.1. The third-order valence-electron chi connectivity index (χ3n) is 5.29. The minimum atomic E-state index is -0.830. The molecule has 0 unspecified atom stereocenters. The van der Waals surface area contributed by atoms with Gasteiger partial charge in [0.15, 0.2) is 0 Å². The number of carbonyl (C=O) groups is 1. The Bertz CT molecular complexity index is 1390. The van der Waals surface area contributed by atoms with E-state index in [2.05, 4.69) is 0 Å². The van der Waals surface area contributed by atoms with Gasteiger partial charge in [-0.15, -0.1) is 0 Å². The molecule has 1 amide bonds. The summed E-state index contributed by atoms with van der Waals surface area (Å²) < 4.78 is 34.5. The summed E-state index contributed by atoms with van der Waals surface area (Å²) in [5.74, 6) is -1.79. The summed E-state index contributed by atoms with van der Waals surface area (Å²) in [6, 6.07) is 13.8. The molecule has 1 N–H and O–H groups in total. The maximum Gasteiger partial charge on any atom is 0.263 e. The third-order valence-corrected chi connectivity index (χ3v) is 5.29. The summed E-state index contributed by atoms with van der Waals surface area (Å²) in [6.07, 6.45) is 1.39. The Hall–Kier alpha value is -4.20. The number of hydrogen-bond donors (Lipinski definition) is 1. The molecule has 1 aromatic heterocycles. The van der Waals surface area contributed by atoms with E-state index in [9.17, 15) is 23.5 Å². The summed E-state index contributed by atoms with van der Waals surface area (Å²) in [5, 5.41) is 9.92. The number of nitrogens with zero attached hydrogens (tertiary/aromatic N) is 2. The normalized spacial score (nSPS) is 10.9. The zero-order chi connectivity index (χ0) is 23.7. The van der Waals surface area contributed by atoms with Crippen molar-refractivity contribution in [2.75, 3.05) is 18.6 Å². The lowest BCUT2D eigenvalue weighted by molar-refractivity contribution is 0.0987. The summed E-state index contributed by atoms with van der Waals surface area (Å²) in [7, 11) is 1.50. The molecule has 3 aromatic carbocycles. The predicted molar refractivity (Wildman–Crippen MR) is 121 cm³/mol. The van der Waals surface area contributed by atoms with Crippen LogP contribution in [0, 0.1) is 11.6 Å². The molecule has 0 aliphatic heterocycles. The highest BCUT2D eigenvalue weighted by Crippen LogP contribution is 2.25. The zero-order valence-corrected chi connectivity index (χ0v) is 17.9. The van der Waals surface area contributed by atoms with E-state index in [0.717, 1.165) is 17.0 Å². The first-order valence-electron chi connectivity index (χ1n) is 10.1. The fraction of sp³-hybridized carbons (Fsp3) is 0.120. The monoisotopic (exact) mass is 450 g/mol. The van der Waals surface area contributed by atoms with Crippen LogP contribution in [0.1, 0.15) is 17.3 Å². The van der Waals surface area contributed by atoms with E-state index >= 15 is 0 Å². The molecule has 0 saturated carbocycles. The Morgan fingerprint density at radius 2 is 1.70 bits per heavy atom. The highest BCUT2D eigenvalue weighted by molar-refractivity contribution is 6.07. The lowest BCUT2D eigenvalue weighted by Crippen LogP contribution is -2.35. The van der Waals surface area contributed by atoms with E-state index in [0.29, 0.717) is 23.0 Å². The topological polar surface area (TPSA) is 71.8 Å². The maximum absolute atomic E-state index is 13.8. The Balaban J connectivity index is 1.95. The number of aromatic nitrogens is 1. The Morgan fingerprint density at radius 1 is 1.03 bits per heavy atom. The van der Waals surface area contributed by atoms with Gasteiger partial charge in [-0.2, -0.15) is 0 Å². The Kier molecular flexibility index (Phi) is 5.83. The molecule has 0 saturated heterocycles. The minimum absolute atomic E-state index is 0.00501. The molecule has 6 nitrogen and oxygen atoms in total. The van der Waals surface area contributed by atoms with Crippen LogP contribution in [0.25, 0.3) is 16.6 Å². The van der Waals surface area contributed by atoms with Crippen molar-refractivity contribution < 1.29 is 23.4 Å². The highest BCUT2D eigenvalue weighted by Gasteiger charge is 2.23. The molecule has 4 aromatic rings. The van der Waals surface area contributed by atoms with Crippen molar-refractivity contribution in [3.63, 3.8) is 0 Å². The van der Waals surface area contributed by atoms with Gasteiger partial charge in [0, 0.05) is 41.6 Å². The fourth-order valence-electron chi connectivity index (χ4n) is 3.70. The van der Waals surface area contributed by atoms with Gasteiger partial charge >= 0.3 is 0 Å². The summed E-state index contributed by atoms with van der Waals surface area (Å²) in [6.45, 7) is 1.73. The number of phenolic OH excluding ortho intramolecular Hbond substituents is 1. The van der Waals surface area contributed by atoms with Gasteiger partial charge in [-0.1, -0.05) is 0 Å². The number of halogens is 2. The molecule has 33 heavy (non-hydrogen) atoms. The van der Waals surface area contributed by atoms with Crippen molar-refractivity contribution in [3.8, 4) is 17.2 Å². The zero-order valence-electron chi connectivity index (χ0n) is 17.9. The van der Waals surface area contributed by atoms with Gasteiger partial charge in [0.05, 0.1) is 12.6 Å². The number of methoxy groups -OCH3 is 1. The number of ether oxygens (including phenoxy) is 1. The number of anilines is 1. The van der Waals surface area contributed by atoms with E-state index in [1.165, 1.54) is 25.4 Å².